The maximum absolute atomic E-state index is 9.27. The standard InChI is InChI=1S/C9H8ClN.C2H5N3O.ClH/c1-11-8-5-3-2-4-7(8)6-9(11)10;3-2(4)5-1-6;/h2-6H,1H3;1H,(H4,3,4,5,6);1H. The van der Waals surface area contributed by atoms with E-state index in [1.807, 2.05) is 29.8 Å². The monoisotopic (exact) mass is 288 g/mol. The van der Waals surface area contributed by atoms with Crippen molar-refractivity contribution in [2.45, 2.75) is 0 Å². The first kappa shape index (κ1) is 16.3. The zero-order chi connectivity index (χ0) is 12.8. The third kappa shape index (κ3) is 4.27. The van der Waals surface area contributed by atoms with E-state index in [9.17, 15) is 4.79 Å². The van der Waals surface area contributed by atoms with Gasteiger partial charge in [-0.1, -0.05) is 29.8 Å². The summed E-state index contributed by atoms with van der Waals surface area (Å²) in [6.45, 7) is 0. The molecule has 1 amide bonds. The van der Waals surface area contributed by atoms with Crippen molar-refractivity contribution in [3.63, 3.8) is 0 Å². The SMILES string of the molecule is Cl.Cn1c(Cl)cc2ccccc21.NC(N)=NC=O. The van der Waals surface area contributed by atoms with E-state index in [1.165, 1.54) is 10.9 Å². The molecule has 18 heavy (non-hydrogen) atoms. The van der Waals surface area contributed by atoms with E-state index in [1.54, 1.807) is 0 Å². The van der Waals surface area contributed by atoms with Crippen molar-refractivity contribution in [1.82, 2.24) is 4.57 Å². The van der Waals surface area contributed by atoms with Gasteiger partial charge in [-0.25, -0.2) is 0 Å². The predicted molar refractivity (Wildman–Crippen MR) is 77.1 cm³/mol. The first-order chi connectivity index (χ1) is 8.06. The van der Waals surface area contributed by atoms with Crippen LogP contribution in [0.3, 0.4) is 0 Å². The lowest BCUT2D eigenvalue weighted by molar-refractivity contribution is -0.106. The van der Waals surface area contributed by atoms with Gasteiger partial charge in [0.2, 0.25) is 6.41 Å². The summed E-state index contributed by atoms with van der Waals surface area (Å²) in [6.07, 6.45) is 0.287. The molecular weight excluding hydrogens is 275 g/mol. The summed E-state index contributed by atoms with van der Waals surface area (Å²) in [5.74, 6) is -0.204. The molecule has 0 radical (unpaired) electrons. The number of aromatic nitrogens is 1. The van der Waals surface area contributed by atoms with E-state index in [4.69, 9.17) is 23.1 Å². The van der Waals surface area contributed by atoms with Crippen LogP contribution in [0.1, 0.15) is 0 Å². The van der Waals surface area contributed by atoms with Crippen molar-refractivity contribution in [2.75, 3.05) is 0 Å². The smallest absolute Gasteiger partial charge is 0.236 e. The van der Waals surface area contributed by atoms with E-state index in [-0.39, 0.29) is 24.8 Å². The largest absolute Gasteiger partial charge is 0.370 e. The Hall–Kier alpha value is -1.72. The molecule has 0 atom stereocenters. The highest BCUT2D eigenvalue weighted by atomic mass is 35.5. The second-order valence-electron chi connectivity index (χ2n) is 3.24. The lowest BCUT2D eigenvalue weighted by Crippen LogP contribution is -2.22. The summed E-state index contributed by atoms with van der Waals surface area (Å²) in [4.78, 5) is 12.2. The molecule has 1 aromatic heterocycles. The maximum Gasteiger partial charge on any atom is 0.236 e. The summed E-state index contributed by atoms with van der Waals surface area (Å²) < 4.78 is 1.97. The van der Waals surface area contributed by atoms with Crippen LogP contribution in [0.2, 0.25) is 5.15 Å². The summed E-state index contributed by atoms with van der Waals surface area (Å²) in [5, 5.41) is 1.98. The van der Waals surface area contributed by atoms with E-state index >= 15 is 0 Å². The third-order valence-corrected chi connectivity index (χ3v) is 2.46. The second-order valence-corrected chi connectivity index (χ2v) is 3.63. The molecule has 1 aromatic carbocycles. The van der Waals surface area contributed by atoms with Gasteiger partial charge in [0, 0.05) is 18.0 Å². The number of carbonyl (C=O) groups is 1. The van der Waals surface area contributed by atoms with Crippen molar-refractivity contribution < 1.29 is 4.79 Å². The molecule has 0 spiro atoms. The number of fused-ring (bicyclic) bond motifs is 1. The molecule has 0 aliphatic rings. The van der Waals surface area contributed by atoms with Crippen molar-refractivity contribution in [1.29, 1.82) is 0 Å². The zero-order valence-corrected chi connectivity index (χ0v) is 11.3. The minimum absolute atomic E-state index is 0. The van der Waals surface area contributed by atoms with Gasteiger partial charge in [0.05, 0.1) is 0 Å². The van der Waals surface area contributed by atoms with Gasteiger partial charge in [-0.15, -0.1) is 12.4 Å². The molecule has 2 aromatic rings. The number of hydrogen-bond acceptors (Lipinski definition) is 1. The number of aliphatic imine (C=N–C) groups is 1. The van der Waals surface area contributed by atoms with E-state index in [0.717, 1.165) is 5.15 Å². The average molecular weight is 289 g/mol. The van der Waals surface area contributed by atoms with Crippen LogP contribution < -0.4 is 11.5 Å². The molecule has 98 valence electrons. The van der Waals surface area contributed by atoms with Gasteiger partial charge < -0.3 is 16.0 Å². The summed E-state index contributed by atoms with van der Waals surface area (Å²) in [7, 11) is 1.96. The van der Waals surface area contributed by atoms with Gasteiger partial charge >= 0.3 is 0 Å². The molecule has 0 aliphatic heterocycles. The summed E-state index contributed by atoms with van der Waals surface area (Å²) in [6, 6.07) is 10.1. The van der Waals surface area contributed by atoms with Gasteiger partial charge in [0.15, 0.2) is 5.96 Å². The van der Waals surface area contributed by atoms with Crippen LogP contribution in [0.5, 0.6) is 0 Å². The van der Waals surface area contributed by atoms with Crippen LogP contribution in [0.4, 0.5) is 0 Å². The summed E-state index contributed by atoms with van der Waals surface area (Å²) in [5.41, 5.74) is 10.6. The van der Waals surface area contributed by atoms with Gasteiger partial charge in [0.1, 0.15) is 5.15 Å². The Morgan fingerprint density at radius 3 is 2.44 bits per heavy atom. The Balaban J connectivity index is 0.000000362. The van der Waals surface area contributed by atoms with Crippen LogP contribution >= 0.6 is 24.0 Å². The highest BCUT2D eigenvalue weighted by Crippen LogP contribution is 2.21. The number of halogens is 2. The predicted octanol–water partition coefficient (Wildman–Crippen LogP) is 1.67. The maximum atomic E-state index is 9.27. The first-order valence-electron chi connectivity index (χ1n) is 4.78. The lowest BCUT2D eigenvalue weighted by atomic mass is 10.2. The van der Waals surface area contributed by atoms with Crippen LogP contribution in [-0.4, -0.2) is 16.9 Å². The Morgan fingerprint density at radius 1 is 1.39 bits per heavy atom. The van der Waals surface area contributed by atoms with Crippen LogP contribution in [-0.2, 0) is 11.8 Å². The van der Waals surface area contributed by atoms with Crippen LogP contribution in [0.15, 0.2) is 35.3 Å². The molecule has 0 fully saturated rings. The Morgan fingerprint density at radius 2 is 2.00 bits per heavy atom. The number of nitrogens with two attached hydrogens (primary N) is 2. The van der Waals surface area contributed by atoms with Crippen LogP contribution in [0.25, 0.3) is 10.9 Å². The molecule has 4 N–H and O–H groups in total. The fraction of sp³-hybridized carbons (Fsp3) is 0.0909. The fourth-order valence-electron chi connectivity index (χ4n) is 1.32. The number of rotatable bonds is 1. The number of nitrogens with zero attached hydrogens (tertiary/aromatic N) is 2. The van der Waals surface area contributed by atoms with Gasteiger partial charge in [0.25, 0.3) is 0 Å². The Bertz CT molecular complexity index is 547. The van der Waals surface area contributed by atoms with Crippen LogP contribution in [0, 0.1) is 0 Å². The molecular formula is C11H14Cl2N4O. The van der Waals surface area contributed by atoms with E-state index in [2.05, 4.69) is 17.1 Å². The minimum atomic E-state index is -0.204. The molecule has 5 nitrogen and oxygen atoms in total. The normalized spacial score (nSPS) is 8.78. The first-order valence-corrected chi connectivity index (χ1v) is 5.16. The average Bonchev–Trinajstić information content (AvgIpc) is 2.56. The molecule has 0 saturated carbocycles. The molecule has 0 aliphatic carbocycles. The number of benzene rings is 1. The number of amides is 1. The van der Waals surface area contributed by atoms with E-state index in [0.29, 0.717) is 0 Å². The van der Waals surface area contributed by atoms with Crippen molar-refractivity contribution in [3.05, 3.63) is 35.5 Å². The zero-order valence-electron chi connectivity index (χ0n) is 9.71. The highest BCUT2D eigenvalue weighted by Gasteiger charge is 2.00. The van der Waals surface area contributed by atoms with Crippen molar-refractivity contribution >= 4 is 47.3 Å². The fourth-order valence-corrected chi connectivity index (χ4v) is 1.52. The molecule has 0 unspecified atom stereocenters. The number of para-hydroxylation sites is 1. The topological polar surface area (TPSA) is 86.4 Å². The van der Waals surface area contributed by atoms with E-state index < -0.39 is 0 Å². The summed E-state index contributed by atoms with van der Waals surface area (Å²) >= 11 is 5.92. The van der Waals surface area contributed by atoms with Gasteiger partial charge in [-0.3, -0.25) is 4.79 Å². The van der Waals surface area contributed by atoms with Crippen molar-refractivity contribution in [3.8, 4) is 0 Å². The lowest BCUT2D eigenvalue weighted by Gasteiger charge is -1.94. The number of hydrogen-bond donors (Lipinski definition) is 2. The quantitative estimate of drug-likeness (QED) is 0.475. The minimum Gasteiger partial charge on any atom is -0.370 e. The van der Waals surface area contributed by atoms with Gasteiger partial charge in [-0.05, 0) is 12.1 Å². The highest BCUT2D eigenvalue weighted by molar-refractivity contribution is 6.30. The molecule has 7 heteroatoms. The molecule has 0 bridgehead atoms. The van der Waals surface area contributed by atoms with Crippen molar-refractivity contribution in [2.24, 2.45) is 23.5 Å². The van der Waals surface area contributed by atoms with Gasteiger partial charge in [-0.2, -0.15) is 4.99 Å². The Kier molecular flexibility index (Phi) is 6.85. The second kappa shape index (κ2) is 7.58. The molecule has 0 saturated heterocycles. The third-order valence-electron chi connectivity index (χ3n) is 2.09. The number of guanidine groups is 1. The number of aryl methyl sites for hydroxylation is 1. The molecule has 2 rings (SSSR count). The number of carbonyl (C=O) groups excluding carboxylic acids is 1. The molecule has 1 heterocycles. The Labute approximate surface area is 116 Å².